The summed E-state index contributed by atoms with van der Waals surface area (Å²) in [5.41, 5.74) is 7.07. The number of nitrogens with zero attached hydrogens (tertiary/aromatic N) is 2. The number of hydrogen-bond acceptors (Lipinski definition) is 3. The fraction of sp³-hybridized carbons (Fsp3) is 0.571. The lowest BCUT2D eigenvalue weighted by molar-refractivity contribution is -0.132. The summed E-state index contributed by atoms with van der Waals surface area (Å²) >= 11 is 0. The van der Waals surface area contributed by atoms with Gasteiger partial charge in [0.25, 0.3) is 0 Å². The first-order valence-corrected chi connectivity index (χ1v) is 6.60. The molecule has 0 aromatic carbocycles. The van der Waals surface area contributed by atoms with Crippen LogP contribution in [0.4, 0.5) is 0 Å². The molecular weight excluding hydrogens is 226 g/mol. The van der Waals surface area contributed by atoms with Crippen molar-refractivity contribution in [2.24, 2.45) is 5.73 Å². The molecule has 1 saturated heterocycles. The fourth-order valence-corrected chi connectivity index (χ4v) is 2.44. The molecule has 18 heavy (non-hydrogen) atoms. The molecular formula is C14H21N3O. The van der Waals surface area contributed by atoms with Gasteiger partial charge in [0.05, 0.1) is 0 Å². The second-order valence-corrected chi connectivity index (χ2v) is 5.13. The van der Waals surface area contributed by atoms with Gasteiger partial charge >= 0.3 is 0 Å². The Morgan fingerprint density at radius 2 is 2.28 bits per heavy atom. The highest BCUT2D eigenvalue weighted by molar-refractivity contribution is 5.77. The van der Waals surface area contributed by atoms with Gasteiger partial charge in [0.1, 0.15) is 0 Å². The lowest BCUT2D eigenvalue weighted by Gasteiger charge is -2.31. The molecule has 1 amide bonds. The molecule has 0 radical (unpaired) electrons. The molecule has 2 atom stereocenters. The zero-order valence-corrected chi connectivity index (χ0v) is 10.9. The predicted molar refractivity (Wildman–Crippen MR) is 71.1 cm³/mol. The summed E-state index contributed by atoms with van der Waals surface area (Å²) in [5, 5.41) is 0. The van der Waals surface area contributed by atoms with Gasteiger partial charge < -0.3 is 10.6 Å². The minimum atomic E-state index is 0.152. The standard InChI is InChI=1S/C14H21N3O/c1-11(12-4-6-16-7-5-12)9-14(18)17-8-2-3-13(15)10-17/h4-7,11,13H,2-3,8-10,15H2,1H3/t11-,13-/m1/s1. The van der Waals surface area contributed by atoms with E-state index in [1.807, 2.05) is 17.0 Å². The molecule has 0 saturated carbocycles. The highest BCUT2D eigenvalue weighted by Gasteiger charge is 2.22. The SMILES string of the molecule is C[C@H](CC(=O)N1CCC[C@@H](N)C1)c1ccncc1. The summed E-state index contributed by atoms with van der Waals surface area (Å²) in [6, 6.07) is 4.10. The average molecular weight is 247 g/mol. The van der Waals surface area contributed by atoms with Gasteiger partial charge in [-0.05, 0) is 36.5 Å². The number of carbonyl (C=O) groups excluding carboxylic acids is 1. The second-order valence-electron chi connectivity index (χ2n) is 5.13. The van der Waals surface area contributed by atoms with Crippen molar-refractivity contribution in [3.63, 3.8) is 0 Å². The summed E-state index contributed by atoms with van der Waals surface area (Å²) in [5.74, 6) is 0.452. The van der Waals surface area contributed by atoms with Gasteiger partial charge in [-0.2, -0.15) is 0 Å². The lowest BCUT2D eigenvalue weighted by Crippen LogP contribution is -2.45. The zero-order valence-electron chi connectivity index (χ0n) is 10.9. The maximum atomic E-state index is 12.2. The van der Waals surface area contributed by atoms with Crippen LogP contribution in [0.1, 0.15) is 37.7 Å². The Kier molecular flexibility index (Phi) is 4.31. The van der Waals surface area contributed by atoms with Gasteiger partial charge in [-0.1, -0.05) is 6.92 Å². The van der Waals surface area contributed by atoms with Crippen LogP contribution >= 0.6 is 0 Å². The second kappa shape index (κ2) is 5.96. The molecule has 98 valence electrons. The van der Waals surface area contributed by atoms with Crippen LogP contribution < -0.4 is 5.73 Å². The Morgan fingerprint density at radius 3 is 2.94 bits per heavy atom. The average Bonchev–Trinajstić information content (AvgIpc) is 2.39. The number of nitrogens with two attached hydrogens (primary N) is 1. The smallest absolute Gasteiger partial charge is 0.223 e. The third kappa shape index (κ3) is 3.29. The first kappa shape index (κ1) is 13.0. The number of amides is 1. The van der Waals surface area contributed by atoms with Gasteiger partial charge in [-0.3, -0.25) is 9.78 Å². The molecule has 2 heterocycles. The summed E-state index contributed by atoms with van der Waals surface area (Å²) in [7, 11) is 0. The maximum Gasteiger partial charge on any atom is 0.223 e. The molecule has 1 aliphatic rings. The van der Waals surface area contributed by atoms with Crippen molar-refractivity contribution >= 4 is 5.91 Å². The topological polar surface area (TPSA) is 59.2 Å². The molecule has 0 aliphatic carbocycles. The predicted octanol–water partition coefficient (Wildman–Crippen LogP) is 1.52. The Labute approximate surface area is 108 Å². The number of likely N-dealkylation sites (tertiary alicyclic amines) is 1. The normalized spacial score (nSPS) is 21.7. The van der Waals surface area contributed by atoms with Crippen molar-refractivity contribution < 1.29 is 4.79 Å². The minimum Gasteiger partial charge on any atom is -0.341 e. The number of carbonyl (C=O) groups is 1. The van der Waals surface area contributed by atoms with Crippen molar-refractivity contribution in [2.75, 3.05) is 13.1 Å². The van der Waals surface area contributed by atoms with Gasteiger partial charge in [-0.15, -0.1) is 0 Å². The minimum absolute atomic E-state index is 0.152. The van der Waals surface area contributed by atoms with E-state index in [0.717, 1.165) is 19.4 Å². The Hall–Kier alpha value is -1.42. The third-order valence-electron chi connectivity index (χ3n) is 3.57. The first-order chi connectivity index (χ1) is 8.66. The molecule has 0 unspecified atom stereocenters. The Balaban J connectivity index is 1.91. The van der Waals surface area contributed by atoms with E-state index in [0.29, 0.717) is 13.0 Å². The number of hydrogen-bond donors (Lipinski definition) is 1. The van der Waals surface area contributed by atoms with Crippen LogP contribution in [0, 0.1) is 0 Å². The van der Waals surface area contributed by atoms with Crippen molar-refractivity contribution in [3.05, 3.63) is 30.1 Å². The molecule has 2 N–H and O–H groups in total. The summed E-state index contributed by atoms with van der Waals surface area (Å²) < 4.78 is 0. The monoisotopic (exact) mass is 247 g/mol. The highest BCUT2D eigenvalue weighted by atomic mass is 16.2. The number of rotatable bonds is 3. The molecule has 1 aliphatic heterocycles. The Bertz CT molecular complexity index is 393. The molecule has 0 bridgehead atoms. The van der Waals surface area contributed by atoms with Crippen molar-refractivity contribution in [2.45, 2.75) is 38.1 Å². The van der Waals surface area contributed by atoms with Crippen LogP contribution in [-0.4, -0.2) is 34.9 Å². The molecule has 0 spiro atoms. The highest BCUT2D eigenvalue weighted by Crippen LogP contribution is 2.20. The van der Waals surface area contributed by atoms with Gasteiger partial charge in [-0.25, -0.2) is 0 Å². The van der Waals surface area contributed by atoms with E-state index in [1.54, 1.807) is 12.4 Å². The van der Waals surface area contributed by atoms with Crippen LogP contribution in [0.2, 0.25) is 0 Å². The summed E-state index contributed by atoms with van der Waals surface area (Å²) in [6.45, 7) is 3.65. The third-order valence-corrected chi connectivity index (χ3v) is 3.57. The van der Waals surface area contributed by atoms with Crippen molar-refractivity contribution in [3.8, 4) is 0 Å². The van der Waals surface area contributed by atoms with E-state index in [-0.39, 0.29) is 17.9 Å². The van der Waals surface area contributed by atoms with Crippen molar-refractivity contribution in [1.29, 1.82) is 0 Å². The van der Waals surface area contributed by atoms with Gasteiger partial charge in [0, 0.05) is 37.9 Å². The lowest BCUT2D eigenvalue weighted by atomic mass is 9.97. The van der Waals surface area contributed by atoms with E-state index < -0.39 is 0 Å². The molecule has 4 nitrogen and oxygen atoms in total. The van der Waals surface area contributed by atoms with E-state index in [1.165, 1.54) is 5.56 Å². The van der Waals surface area contributed by atoms with E-state index in [2.05, 4.69) is 11.9 Å². The maximum absolute atomic E-state index is 12.2. The fourth-order valence-electron chi connectivity index (χ4n) is 2.44. The number of pyridine rings is 1. The molecule has 4 heteroatoms. The van der Waals surface area contributed by atoms with Crippen molar-refractivity contribution in [1.82, 2.24) is 9.88 Å². The van der Waals surface area contributed by atoms with Crippen LogP contribution in [0.25, 0.3) is 0 Å². The van der Waals surface area contributed by atoms with Crippen LogP contribution in [-0.2, 0) is 4.79 Å². The van der Waals surface area contributed by atoms with Gasteiger partial charge in [0.2, 0.25) is 5.91 Å². The Morgan fingerprint density at radius 1 is 1.56 bits per heavy atom. The molecule has 1 fully saturated rings. The van der Waals surface area contributed by atoms with E-state index >= 15 is 0 Å². The zero-order chi connectivity index (χ0) is 13.0. The van der Waals surface area contributed by atoms with Crippen LogP contribution in [0.15, 0.2) is 24.5 Å². The molecule has 1 aromatic rings. The molecule has 2 rings (SSSR count). The van der Waals surface area contributed by atoms with E-state index in [9.17, 15) is 4.79 Å². The van der Waals surface area contributed by atoms with Crippen LogP contribution in [0.5, 0.6) is 0 Å². The largest absolute Gasteiger partial charge is 0.341 e. The van der Waals surface area contributed by atoms with Gasteiger partial charge in [0.15, 0.2) is 0 Å². The number of piperidine rings is 1. The summed E-state index contributed by atoms with van der Waals surface area (Å²) in [4.78, 5) is 18.1. The summed E-state index contributed by atoms with van der Waals surface area (Å²) in [6.07, 6.45) is 6.15. The van der Waals surface area contributed by atoms with Crippen LogP contribution in [0.3, 0.4) is 0 Å². The number of aromatic nitrogens is 1. The quantitative estimate of drug-likeness (QED) is 0.881. The van der Waals surface area contributed by atoms with E-state index in [4.69, 9.17) is 5.73 Å². The molecule has 1 aromatic heterocycles. The first-order valence-electron chi connectivity index (χ1n) is 6.60.